The molecule has 6 heteroatoms. The van der Waals surface area contributed by atoms with Gasteiger partial charge in [0.15, 0.2) is 0 Å². The van der Waals surface area contributed by atoms with Crippen LogP contribution in [0.2, 0.25) is 0 Å². The van der Waals surface area contributed by atoms with E-state index in [-0.39, 0.29) is 56.3 Å². The summed E-state index contributed by atoms with van der Waals surface area (Å²) in [5.41, 5.74) is 1.07. The molecule has 0 N–H and O–H groups in total. The van der Waals surface area contributed by atoms with Gasteiger partial charge in [-0.3, -0.25) is 0 Å². The molecule has 0 saturated heterocycles. The average molecular weight is 392 g/mol. The largest absolute Gasteiger partial charge is 1.00 e. The van der Waals surface area contributed by atoms with Crippen LogP contribution in [0.25, 0.3) is 0 Å². The first kappa shape index (κ1) is 18.5. The van der Waals surface area contributed by atoms with Gasteiger partial charge in [-0.15, -0.1) is 0 Å². The number of hydrogen-bond acceptors (Lipinski definition) is 3. The van der Waals surface area contributed by atoms with E-state index in [4.69, 9.17) is 0 Å². The predicted octanol–water partition coefficient (Wildman–Crippen LogP) is -0.259. The Balaban J connectivity index is 0.00000256. The number of hydrogen-bond donors (Lipinski definition) is 0. The fourth-order valence-corrected chi connectivity index (χ4v) is 3.06. The van der Waals surface area contributed by atoms with E-state index in [0.29, 0.717) is 3.92 Å². The van der Waals surface area contributed by atoms with Crippen LogP contribution in [0.5, 0.6) is 0 Å². The molecule has 0 spiro atoms. The van der Waals surface area contributed by atoms with E-state index in [0.717, 1.165) is 24.8 Å². The van der Waals surface area contributed by atoms with Gasteiger partial charge < -0.3 is 4.55 Å². The second-order valence-electron chi connectivity index (χ2n) is 3.69. The third-order valence-corrected chi connectivity index (χ3v) is 4.18. The van der Waals surface area contributed by atoms with Gasteiger partial charge in [-0.2, -0.15) is 0 Å². The molecule has 1 aromatic carbocycles. The first-order valence-corrected chi connectivity index (χ1v) is 7.77. The summed E-state index contributed by atoms with van der Waals surface area (Å²) in [6.07, 6.45) is 3.19. The first-order chi connectivity index (χ1) is 7.43. The molecule has 1 rings (SSSR count). The zero-order valence-electron chi connectivity index (χ0n) is 10.0. The van der Waals surface area contributed by atoms with Crippen LogP contribution in [-0.4, -0.2) is 16.9 Å². The molecule has 1 unspecified atom stereocenters. The number of rotatable bonds is 5. The summed E-state index contributed by atoms with van der Waals surface area (Å²) in [4.78, 5) is -0.156. The smallest absolute Gasteiger partial charge is 0.744 e. The Kier molecular flexibility index (Phi) is 9.38. The minimum absolute atomic E-state index is 0. The zero-order chi connectivity index (χ0) is 12.2. The quantitative estimate of drug-likeness (QED) is 0.300. The van der Waals surface area contributed by atoms with Crippen molar-refractivity contribution in [3.63, 3.8) is 0 Å². The molecular formula is C11H14IKO3S. The van der Waals surface area contributed by atoms with Crippen LogP contribution in [0.4, 0.5) is 0 Å². The molecular weight excluding hydrogens is 378 g/mol. The maximum atomic E-state index is 10.7. The molecule has 0 aliphatic carbocycles. The van der Waals surface area contributed by atoms with E-state index in [1.165, 1.54) is 12.1 Å². The van der Waals surface area contributed by atoms with Crippen LogP contribution >= 0.6 is 22.6 Å². The van der Waals surface area contributed by atoms with E-state index < -0.39 is 10.1 Å². The Hall–Kier alpha value is 1.50. The number of halogens is 1. The zero-order valence-corrected chi connectivity index (χ0v) is 16.1. The molecule has 0 amide bonds. The molecule has 0 aromatic heterocycles. The molecule has 0 bridgehead atoms. The average Bonchev–Trinajstić information content (AvgIpc) is 2.17. The normalized spacial score (nSPS) is 12.9. The van der Waals surface area contributed by atoms with Crippen LogP contribution in [0.15, 0.2) is 29.2 Å². The van der Waals surface area contributed by atoms with Gasteiger partial charge in [-0.1, -0.05) is 48.1 Å². The van der Waals surface area contributed by atoms with Crippen LogP contribution in [0, 0.1) is 0 Å². The van der Waals surface area contributed by atoms with Gasteiger partial charge >= 0.3 is 51.4 Å². The van der Waals surface area contributed by atoms with Crippen molar-refractivity contribution in [3.8, 4) is 0 Å². The van der Waals surface area contributed by atoms with E-state index >= 15 is 0 Å². The summed E-state index contributed by atoms with van der Waals surface area (Å²) in [5.74, 6) is 0. The third kappa shape index (κ3) is 7.00. The fraction of sp³-hybridized carbons (Fsp3) is 0.455. The predicted molar refractivity (Wildman–Crippen MR) is 70.8 cm³/mol. The SMILES string of the molecule is CCCC(I)Cc1ccc(S(=O)(=O)[O-])cc1.[K+]. The maximum absolute atomic E-state index is 10.7. The van der Waals surface area contributed by atoms with Crippen molar-refractivity contribution in [2.45, 2.75) is 35.0 Å². The summed E-state index contributed by atoms with van der Waals surface area (Å²) in [7, 11) is -4.31. The Morgan fingerprint density at radius 3 is 2.24 bits per heavy atom. The van der Waals surface area contributed by atoms with E-state index in [1.54, 1.807) is 12.1 Å². The Morgan fingerprint density at radius 1 is 1.29 bits per heavy atom. The summed E-state index contributed by atoms with van der Waals surface area (Å²) < 4.78 is 32.7. The summed E-state index contributed by atoms with van der Waals surface area (Å²) >= 11 is 2.39. The monoisotopic (exact) mass is 392 g/mol. The second kappa shape index (κ2) is 8.62. The van der Waals surface area contributed by atoms with E-state index in [2.05, 4.69) is 29.5 Å². The Labute approximate surface area is 159 Å². The Morgan fingerprint density at radius 2 is 1.82 bits per heavy atom. The van der Waals surface area contributed by atoms with Gasteiger partial charge in [0.2, 0.25) is 0 Å². The molecule has 17 heavy (non-hydrogen) atoms. The molecule has 1 aromatic rings. The maximum Gasteiger partial charge on any atom is 1.00 e. The molecule has 90 valence electrons. The summed E-state index contributed by atoms with van der Waals surface area (Å²) in [6.45, 7) is 2.14. The van der Waals surface area contributed by atoms with Crippen molar-refractivity contribution in [3.05, 3.63) is 29.8 Å². The van der Waals surface area contributed by atoms with Crippen LogP contribution < -0.4 is 51.4 Å². The van der Waals surface area contributed by atoms with Gasteiger partial charge in [-0.05, 0) is 30.5 Å². The van der Waals surface area contributed by atoms with Crippen molar-refractivity contribution in [2.75, 3.05) is 0 Å². The molecule has 0 saturated carbocycles. The van der Waals surface area contributed by atoms with Crippen molar-refractivity contribution in [1.29, 1.82) is 0 Å². The van der Waals surface area contributed by atoms with E-state index in [1.807, 2.05) is 0 Å². The molecule has 0 radical (unpaired) electrons. The van der Waals surface area contributed by atoms with Crippen LogP contribution in [0.3, 0.4) is 0 Å². The van der Waals surface area contributed by atoms with Crippen molar-refractivity contribution in [2.24, 2.45) is 0 Å². The summed E-state index contributed by atoms with van der Waals surface area (Å²) in [6, 6.07) is 6.19. The Bertz CT molecular complexity index is 431. The van der Waals surface area contributed by atoms with Crippen molar-refractivity contribution >= 4 is 32.7 Å². The molecule has 0 aliphatic heterocycles. The molecule has 3 nitrogen and oxygen atoms in total. The fourth-order valence-electron chi connectivity index (χ4n) is 1.46. The van der Waals surface area contributed by atoms with E-state index in [9.17, 15) is 13.0 Å². The van der Waals surface area contributed by atoms with Gasteiger partial charge in [0, 0.05) is 3.92 Å². The van der Waals surface area contributed by atoms with Gasteiger partial charge in [-0.25, -0.2) is 8.42 Å². The minimum atomic E-state index is -4.31. The van der Waals surface area contributed by atoms with Crippen molar-refractivity contribution in [1.82, 2.24) is 0 Å². The molecule has 0 heterocycles. The van der Waals surface area contributed by atoms with Gasteiger partial charge in [0.25, 0.3) is 0 Å². The van der Waals surface area contributed by atoms with Crippen molar-refractivity contribution < 1.29 is 64.4 Å². The third-order valence-electron chi connectivity index (χ3n) is 2.27. The topological polar surface area (TPSA) is 57.2 Å². The first-order valence-electron chi connectivity index (χ1n) is 5.12. The number of benzene rings is 1. The van der Waals surface area contributed by atoms with Crippen LogP contribution in [-0.2, 0) is 16.5 Å². The summed E-state index contributed by atoms with van der Waals surface area (Å²) in [5, 5.41) is 0. The van der Waals surface area contributed by atoms with Gasteiger partial charge in [0.1, 0.15) is 10.1 Å². The number of alkyl halides is 1. The standard InChI is InChI=1S/C11H15IO3S.K/c1-2-3-10(12)8-9-4-6-11(7-5-9)16(13,14)15;/h4-7,10H,2-3,8H2,1H3,(H,13,14,15);/q;+1/p-1. The molecule has 0 fully saturated rings. The minimum Gasteiger partial charge on any atom is -0.744 e. The molecule has 1 atom stereocenters. The second-order valence-corrected chi connectivity index (χ2v) is 6.83. The van der Waals surface area contributed by atoms with Crippen LogP contribution in [0.1, 0.15) is 25.3 Å². The van der Waals surface area contributed by atoms with Gasteiger partial charge in [0.05, 0.1) is 4.90 Å². The molecule has 0 aliphatic rings.